The maximum Gasteiger partial charge on any atom is 0.186 e. The summed E-state index contributed by atoms with van der Waals surface area (Å²) >= 11 is 0. The Kier molecular flexibility index (Phi) is 3.28. The summed E-state index contributed by atoms with van der Waals surface area (Å²) in [7, 11) is 1.60. The second kappa shape index (κ2) is 5.46. The first-order chi connectivity index (χ1) is 11.7. The normalized spacial score (nSPS) is 12.5. The van der Waals surface area contributed by atoms with Crippen LogP contribution in [0.25, 0.3) is 28.0 Å². The summed E-state index contributed by atoms with van der Waals surface area (Å²) in [6.07, 6.45) is 4.16. The van der Waals surface area contributed by atoms with Gasteiger partial charge in [-0.05, 0) is 29.3 Å². The summed E-state index contributed by atoms with van der Waals surface area (Å²) in [5.41, 5.74) is 3.70. The third-order valence-electron chi connectivity index (χ3n) is 4.40. The third-order valence-corrected chi connectivity index (χ3v) is 4.40. The van der Waals surface area contributed by atoms with E-state index in [1.54, 1.807) is 19.3 Å². The number of benzene rings is 3. The van der Waals surface area contributed by atoms with Gasteiger partial charge in [0.1, 0.15) is 5.75 Å². The highest BCUT2D eigenvalue weighted by Crippen LogP contribution is 2.42. The van der Waals surface area contributed by atoms with E-state index in [-0.39, 0.29) is 5.78 Å². The van der Waals surface area contributed by atoms with Crippen LogP contribution in [0.4, 0.5) is 0 Å². The molecular formula is C21H14O3. The van der Waals surface area contributed by atoms with Crippen LogP contribution >= 0.6 is 0 Å². The summed E-state index contributed by atoms with van der Waals surface area (Å²) in [6, 6.07) is 15.2. The second-order valence-corrected chi connectivity index (χ2v) is 5.68. The van der Waals surface area contributed by atoms with Gasteiger partial charge in [-0.2, -0.15) is 0 Å². The van der Waals surface area contributed by atoms with Gasteiger partial charge in [-0.1, -0.05) is 42.5 Å². The first-order valence-corrected chi connectivity index (χ1v) is 7.65. The fourth-order valence-corrected chi connectivity index (χ4v) is 3.35. The van der Waals surface area contributed by atoms with Crippen LogP contribution in [0.15, 0.2) is 54.6 Å². The molecule has 3 heteroatoms. The fraction of sp³-hybridized carbons (Fsp3) is 0.0476. The van der Waals surface area contributed by atoms with Crippen molar-refractivity contribution in [3.63, 3.8) is 0 Å². The molecule has 4 rings (SSSR count). The molecule has 24 heavy (non-hydrogen) atoms. The second-order valence-electron chi connectivity index (χ2n) is 5.68. The number of carbonyl (C=O) groups is 2. The number of hydrogen-bond donors (Lipinski definition) is 0. The summed E-state index contributed by atoms with van der Waals surface area (Å²) in [5.74, 6) is 0.559. The molecule has 3 aromatic carbocycles. The molecule has 0 unspecified atom stereocenters. The SMILES string of the molecule is COc1ccc2c3c(cc(C=O)c(-c4ccccc4)c13)C(=O)C=C2. The van der Waals surface area contributed by atoms with E-state index >= 15 is 0 Å². The average molecular weight is 314 g/mol. The average Bonchev–Trinajstić information content (AvgIpc) is 2.64. The molecule has 3 aromatic rings. The zero-order valence-corrected chi connectivity index (χ0v) is 13.1. The largest absolute Gasteiger partial charge is 0.496 e. The number of hydrogen-bond acceptors (Lipinski definition) is 3. The summed E-state index contributed by atoms with van der Waals surface area (Å²) < 4.78 is 5.55. The standard InChI is InChI=1S/C21H14O3/c1-24-18-10-8-14-7-9-17(23)16-11-15(12-22)19(21(18)20(14)16)13-5-3-2-4-6-13/h2-12H,1H3. The lowest BCUT2D eigenvalue weighted by atomic mass is 9.85. The minimum Gasteiger partial charge on any atom is -0.496 e. The zero-order valence-electron chi connectivity index (χ0n) is 13.1. The van der Waals surface area contributed by atoms with Crippen LogP contribution in [0.2, 0.25) is 0 Å². The zero-order chi connectivity index (χ0) is 16.7. The van der Waals surface area contributed by atoms with Gasteiger partial charge in [0.25, 0.3) is 0 Å². The van der Waals surface area contributed by atoms with Crippen LogP contribution in [-0.4, -0.2) is 19.2 Å². The maximum absolute atomic E-state index is 12.3. The van der Waals surface area contributed by atoms with Gasteiger partial charge in [-0.25, -0.2) is 0 Å². The Morgan fingerprint density at radius 2 is 1.75 bits per heavy atom. The Morgan fingerprint density at radius 1 is 0.958 bits per heavy atom. The molecular weight excluding hydrogens is 300 g/mol. The van der Waals surface area contributed by atoms with Gasteiger partial charge < -0.3 is 4.74 Å². The molecule has 0 atom stereocenters. The Labute approximate surface area is 139 Å². The molecule has 0 radical (unpaired) electrons. The number of methoxy groups -OCH3 is 1. The van der Waals surface area contributed by atoms with Crippen LogP contribution in [-0.2, 0) is 0 Å². The van der Waals surface area contributed by atoms with Crippen LogP contribution in [0.1, 0.15) is 26.3 Å². The van der Waals surface area contributed by atoms with Crippen molar-refractivity contribution < 1.29 is 14.3 Å². The lowest BCUT2D eigenvalue weighted by molar-refractivity contribution is 0.104. The van der Waals surface area contributed by atoms with Gasteiger partial charge in [0.05, 0.1) is 7.11 Å². The molecule has 0 saturated carbocycles. The van der Waals surface area contributed by atoms with Gasteiger partial charge in [0.15, 0.2) is 12.1 Å². The Balaban J connectivity index is 2.26. The predicted molar refractivity (Wildman–Crippen MR) is 94.7 cm³/mol. The number of aldehydes is 1. The minimum absolute atomic E-state index is 0.0940. The Bertz CT molecular complexity index is 1010. The highest BCUT2D eigenvalue weighted by Gasteiger charge is 2.23. The van der Waals surface area contributed by atoms with E-state index in [2.05, 4.69) is 0 Å². The van der Waals surface area contributed by atoms with Crippen LogP contribution in [0, 0.1) is 0 Å². The Hall–Kier alpha value is -3.20. The van der Waals surface area contributed by atoms with E-state index in [1.807, 2.05) is 48.5 Å². The summed E-state index contributed by atoms with van der Waals surface area (Å²) in [4.78, 5) is 24.1. The van der Waals surface area contributed by atoms with Crippen molar-refractivity contribution in [3.05, 3.63) is 71.3 Å². The molecule has 1 aliphatic carbocycles. The molecule has 0 heterocycles. The molecule has 0 aliphatic heterocycles. The van der Waals surface area contributed by atoms with Crippen LogP contribution < -0.4 is 4.74 Å². The molecule has 0 bridgehead atoms. The van der Waals surface area contributed by atoms with Crippen molar-refractivity contribution >= 4 is 28.9 Å². The van der Waals surface area contributed by atoms with Crippen molar-refractivity contribution in [2.24, 2.45) is 0 Å². The third kappa shape index (κ3) is 1.98. The van der Waals surface area contributed by atoms with Crippen molar-refractivity contribution in [2.75, 3.05) is 7.11 Å². The van der Waals surface area contributed by atoms with Crippen molar-refractivity contribution in [1.29, 1.82) is 0 Å². The van der Waals surface area contributed by atoms with E-state index in [0.717, 1.165) is 33.7 Å². The van der Waals surface area contributed by atoms with Gasteiger partial charge in [0, 0.05) is 27.5 Å². The maximum atomic E-state index is 12.3. The van der Waals surface area contributed by atoms with Gasteiger partial charge in [-0.3, -0.25) is 9.59 Å². The lowest BCUT2D eigenvalue weighted by Crippen LogP contribution is -2.06. The molecule has 0 spiro atoms. The smallest absolute Gasteiger partial charge is 0.186 e. The molecule has 0 saturated heterocycles. The van der Waals surface area contributed by atoms with Gasteiger partial charge in [-0.15, -0.1) is 0 Å². The first-order valence-electron chi connectivity index (χ1n) is 7.65. The minimum atomic E-state index is -0.0940. The van der Waals surface area contributed by atoms with E-state index in [1.165, 1.54) is 0 Å². The summed E-state index contributed by atoms with van der Waals surface area (Å²) in [5, 5.41) is 1.64. The van der Waals surface area contributed by atoms with E-state index in [9.17, 15) is 9.59 Å². The van der Waals surface area contributed by atoms with Crippen molar-refractivity contribution in [2.45, 2.75) is 0 Å². The quantitative estimate of drug-likeness (QED) is 0.667. The van der Waals surface area contributed by atoms with Crippen molar-refractivity contribution in [3.8, 4) is 16.9 Å². The van der Waals surface area contributed by atoms with Crippen molar-refractivity contribution in [1.82, 2.24) is 0 Å². The monoisotopic (exact) mass is 314 g/mol. The topological polar surface area (TPSA) is 43.4 Å². The molecule has 0 fully saturated rings. The number of ketones is 1. The molecule has 0 amide bonds. The predicted octanol–water partition coefficient (Wildman–Crippen LogP) is 4.54. The summed E-state index contributed by atoms with van der Waals surface area (Å²) in [6.45, 7) is 0. The molecule has 1 aliphatic rings. The number of carbonyl (C=O) groups excluding carboxylic acids is 2. The number of ether oxygens (including phenoxy) is 1. The van der Waals surface area contributed by atoms with Gasteiger partial charge in [0.2, 0.25) is 0 Å². The molecule has 116 valence electrons. The highest BCUT2D eigenvalue weighted by atomic mass is 16.5. The number of rotatable bonds is 3. The van der Waals surface area contributed by atoms with E-state index in [0.29, 0.717) is 16.9 Å². The van der Waals surface area contributed by atoms with Crippen LogP contribution in [0.5, 0.6) is 5.75 Å². The highest BCUT2D eigenvalue weighted by molar-refractivity contribution is 6.24. The Morgan fingerprint density at radius 3 is 2.46 bits per heavy atom. The molecule has 0 N–H and O–H groups in total. The van der Waals surface area contributed by atoms with Crippen LogP contribution in [0.3, 0.4) is 0 Å². The fourth-order valence-electron chi connectivity index (χ4n) is 3.35. The number of allylic oxidation sites excluding steroid dienone is 1. The van der Waals surface area contributed by atoms with E-state index in [4.69, 9.17) is 4.74 Å². The van der Waals surface area contributed by atoms with E-state index < -0.39 is 0 Å². The van der Waals surface area contributed by atoms with Gasteiger partial charge >= 0.3 is 0 Å². The molecule has 0 aromatic heterocycles. The lowest BCUT2D eigenvalue weighted by Gasteiger charge is -2.19. The molecule has 3 nitrogen and oxygen atoms in total. The first kappa shape index (κ1) is 14.4.